The van der Waals surface area contributed by atoms with Crippen molar-refractivity contribution in [1.82, 2.24) is 9.34 Å². The summed E-state index contributed by atoms with van der Waals surface area (Å²) in [5.74, 6) is -0.611. The zero-order chi connectivity index (χ0) is 10.9. The van der Waals surface area contributed by atoms with E-state index in [0.717, 1.165) is 9.34 Å². The zero-order valence-corrected chi connectivity index (χ0v) is 10.00. The van der Waals surface area contributed by atoms with Gasteiger partial charge in [-0.2, -0.15) is 0 Å². The molecule has 0 saturated heterocycles. The molecule has 0 saturated carbocycles. The van der Waals surface area contributed by atoms with E-state index in [4.69, 9.17) is 0 Å². The van der Waals surface area contributed by atoms with Gasteiger partial charge in [0.05, 0.1) is 0 Å². The molecule has 8 heteroatoms. The van der Waals surface area contributed by atoms with Crippen molar-refractivity contribution in [3.8, 4) is 0 Å². The lowest BCUT2D eigenvalue weighted by atomic mass is 11.3. The molecule has 13 heavy (non-hydrogen) atoms. The Kier molecular flexibility index (Phi) is 4.31. The highest BCUT2D eigenvalue weighted by atomic mass is 31.2. The summed E-state index contributed by atoms with van der Waals surface area (Å²) >= 11 is 0. The van der Waals surface area contributed by atoms with E-state index >= 15 is 0 Å². The van der Waals surface area contributed by atoms with Gasteiger partial charge in [0, 0.05) is 0 Å². The van der Waals surface area contributed by atoms with Crippen molar-refractivity contribution in [1.29, 1.82) is 0 Å². The maximum Gasteiger partial charge on any atom is 0.280 e. The van der Waals surface area contributed by atoms with E-state index in [1.807, 2.05) is 0 Å². The van der Waals surface area contributed by atoms with Crippen LogP contribution in [0.25, 0.3) is 0 Å². The summed E-state index contributed by atoms with van der Waals surface area (Å²) in [6.45, 7) is 0. The van der Waals surface area contributed by atoms with E-state index in [1.54, 1.807) is 0 Å². The summed E-state index contributed by atoms with van der Waals surface area (Å²) in [7, 11) is -1.73. The van der Waals surface area contributed by atoms with Gasteiger partial charge in [-0.25, -0.2) is 9.34 Å². The van der Waals surface area contributed by atoms with E-state index in [1.165, 1.54) is 28.2 Å². The van der Waals surface area contributed by atoms with Gasteiger partial charge in [-0.3, -0.25) is 9.13 Å². The van der Waals surface area contributed by atoms with E-state index in [-0.39, 0.29) is 0 Å². The number of nitrogens with zero attached hydrogens (tertiary/aromatic N) is 2. The predicted molar refractivity (Wildman–Crippen MR) is 51.9 cm³/mol. The monoisotopic (exact) mass is 230 g/mol. The van der Waals surface area contributed by atoms with Gasteiger partial charge in [-0.1, -0.05) is 0 Å². The average Bonchev–Trinajstić information content (AvgIpc) is 1.83. The largest absolute Gasteiger partial charge is 0.333 e. The van der Waals surface area contributed by atoms with Crippen LogP contribution in [0.2, 0.25) is 0 Å². The van der Waals surface area contributed by atoms with Crippen molar-refractivity contribution in [3.05, 3.63) is 0 Å². The van der Waals surface area contributed by atoms with Crippen molar-refractivity contribution in [2.45, 2.75) is 0 Å². The van der Waals surface area contributed by atoms with Crippen molar-refractivity contribution in [2.24, 2.45) is 0 Å². The minimum Gasteiger partial charge on any atom is -0.333 e. The highest BCUT2D eigenvalue weighted by Gasteiger charge is 2.34. The van der Waals surface area contributed by atoms with Gasteiger partial charge in [0.1, 0.15) is 5.90 Å². The van der Waals surface area contributed by atoms with Crippen LogP contribution in [-0.2, 0) is 9.13 Å². The molecule has 2 atom stereocenters. The zero-order valence-electron chi connectivity index (χ0n) is 8.21. The molecule has 0 heterocycles. The number of hydrogen-bond acceptors (Lipinski definition) is 2. The molecule has 80 valence electrons. The Bertz CT molecular complexity index is 239. The first-order valence-corrected chi connectivity index (χ1v) is 7.18. The molecule has 0 aliphatic rings. The third kappa shape index (κ3) is 3.90. The molecule has 0 aliphatic heterocycles. The van der Waals surface area contributed by atoms with Crippen LogP contribution < -0.4 is 0 Å². The van der Waals surface area contributed by atoms with Gasteiger partial charge >= 0.3 is 0 Å². The van der Waals surface area contributed by atoms with E-state index in [2.05, 4.69) is 0 Å². The Morgan fingerprint density at radius 1 is 0.923 bits per heavy atom. The molecule has 6 nitrogen and oxygen atoms in total. The van der Waals surface area contributed by atoms with Crippen LogP contribution >= 0.6 is 15.0 Å². The third-order valence-corrected chi connectivity index (χ3v) is 7.07. The van der Waals surface area contributed by atoms with Crippen molar-refractivity contribution in [3.63, 3.8) is 0 Å². The summed E-state index contributed by atoms with van der Waals surface area (Å²) in [5.41, 5.74) is 0. The van der Waals surface area contributed by atoms with Crippen molar-refractivity contribution < 1.29 is 18.9 Å². The first kappa shape index (κ1) is 13.3. The summed E-state index contributed by atoms with van der Waals surface area (Å²) in [4.78, 5) is 18.6. The Morgan fingerprint density at radius 3 is 1.31 bits per heavy atom. The lowest BCUT2D eigenvalue weighted by Gasteiger charge is -2.24. The first-order chi connectivity index (χ1) is 5.59. The van der Waals surface area contributed by atoms with Crippen LogP contribution in [0.1, 0.15) is 0 Å². The maximum atomic E-state index is 11.4. The maximum absolute atomic E-state index is 11.4. The topological polar surface area (TPSA) is 81.1 Å². The van der Waals surface area contributed by atoms with Gasteiger partial charge in [0.2, 0.25) is 0 Å². The summed E-state index contributed by atoms with van der Waals surface area (Å²) < 4.78 is 24.9. The Morgan fingerprint density at radius 2 is 1.15 bits per heavy atom. The highest BCUT2D eigenvalue weighted by Crippen LogP contribution is 2.58. The normalized spacial score (nSPS) is 21.5. The fraction of sp³-hybridized carbons (Fsp3) is 1.00. The quantitative estimate of drug-likeness (QED) is 0.682. The summed E-state index contributed by atoms with van der Waals surface area (Å²) in [6, 6.07) is 0. The Hall–Kier alpha value is 0.300. The minimum atomic E-state index is -3.66. The fourth-order valence-electron chi connectivity index (χ4n) is 0.493. The van der Waals surface area contributed by atoms with Gasteiger partial charge < -0.3 is 9.79 Å². The smallest absolute Gasteiger partial charge is 0.280 e. The van der Waals surface area contributed by atoms with Crippen LogP contribution in [-0.4, -0.2) is 53.2 Å². The predicted octanol–water partition coefficient (Wildman–Crippen LogP) is 0.438. The second-order valence-corrected chi connectivity index (χ2v) is 8.56. The molecule has 0 bridgehead atoms. The van der Waals surface area contributed by atoms with Gasteiger partial charge in [-0.15, -0.1) is 0 Å². The van der Waals surface area contributed by atoms with Gasteiger partial charge in [0.15, 0.2) is 0 Å². The first-order valence-electron chi connectivity index (χ1n) is 3.59. The van der Waals surface area contributed by atoms with Crippen LogP contribution in [0.15, 0.2) is 0 Å². The Balaban J connectivity index is 4.63. The van der Waals surface area contributed by atoms with Gasteiger partial charge in [0.25, 0.3) is 15.0 Å². The van der Waals surface area contributed by atoms with Gasteiger partial charge in [-0.05, 0) is 28.2 Å². The second-order valence-electron chi connectivity index (χ2n) is 3.17. The summed E-state index contributed by atoms with van der Waals surface area (Å²) in [6.07, 6.45) is 0. The Labute approximate surface area is 78.2 Å². The van der Waals surface area contributed by atoms with Crippen LogP contribution in [0, 0.1) is 0 Å². The molecule has 0 rings (SSSR count). The van der Waals surface area contributed by atoms with Crippen LogP contribution in [0.4, 0.5) is 0 Å². The highest BCUT2D eigenvalue weighted by molar-refractivity contribution is 7.72. The van der Waals surface area contributed by atoms with E-state index < -0.39 is 20.9 Å². The molecule has 2 unspecified atom stereocenters. The van der Waals surface area contributed by atoms with Crippen LogP contribution in [0.3, 0.4) is 0 Å². The van der Waals surface area contributed by atoms with Crippen molar-refractivity contribution >= 4 is 15.0 Å². The number of rotatable bonds is 4. The molecule has 0 fully saturated rings. The molecule has 0 aliphatic carbocycles. The lowest BCUT2D eigenvalue weighted by Crippen LogP contribution is -2.16. The van der Waals surface area contributed by atoms with E-state index in [9.17, 15) is 18.9 Å². The molecule has 0 aromatic heterocycles. The molecule has 0 radical (unpaired) electrons. The minimum absolute atomic E-state index is 0.611. The van der Waals surface area contributed by atoms with E-state index in [0.29, 0.717) is 0 Å². The molecular formula is C5H16N2O4P2. The average molecular weight is 230 g/mol. The SMILES string of the molecule is CN(C)P(=O)(O)CP(=O)(O)N(C)C. The summed E-state index contributed by atoms with van der Waals surface area (Å²) in [5, 5.41) is 0. The third-order valence-electron chi connectivity index (χ3n) is 1.62. The lowest BCUT2D eigenvalue weighted by molar-refractivity contribution is 0.395. The van der Waals surface area contributed by atoms with Crippen molar-refractivity contribution in [2.75, 3.05) is 34.1 Å². The standard InChI is InChI=1S/C5H16N2O4P2/c1-6(2)12(8,9)5-13(10,11)7(3)4/h5H2,1-4H3,(H,8,9)(H,10,11). The number of hydrogen-bond donors (Lipinski definition) is 2. The fourth-order valence-corrected chi connectivity index (χ4v) is 4.44. The molecular weight excluding hydrogens is 214 g/mol. The second kappa shape index (κ2) is 4.22. The molecule has 0 amide bonds. The molecule has 2 N–H and O–H groups in total. The van der Waals surface area contributed by atoms with Crippen LogP contribution in [0.5, 0.6) is 0 Å². The molecule has 0 spiro atoms. The molecule has 0 aromatic rings. The molecule has 0 aromatic carbocycles.